The van der Waals surface area contributed by atoms with E-state index in [1.165, 1.54) is 53.9 Å². The third-order valence-corrected chi connectivity index (χ3v) is 32.2. The van der Waals surface area contributed by atoms with Gasteiger partial charge in [-0.15, -0.1) is 79.4 Å². The number of aliphatic hydroxyl groups is 1. The van der Waals surface area contributed by atoms with Crippen LogP contribution in [0.1, 0.15) is 86.6 Å². The summed E-state index contributed by atoms with van der Waals surface area (Å²) in [6.45, 7) is 3.00. The SMILES string of the molecule is COc1c(C(=O)NCCCS)ccc2n[nH]c(-c3cc4ccccc4s3)c12.COc1c(C(=O)NCCc2cccs2)ccc2n[nH]c(-c3cc4ccccc4s3)c12.COc1c(C(=O)NCCc2nccs2)ccc2n[nH]c(-c3cc4ccccc4s3)c12.COc1c(C(=O)N[C@@H](C)C(N)=O)ccc2n[nH]c(-c3cc4ccccc4s3)c12.COc1c(C(=O)N[C@H](CO)c2ccccc2)ccc2n[nH]c(-c3cc4ccccc4s3)c12. The maximum absolute atomic E-state index is 13.2. The molecule has 0 unspecified atom stereocenters. The van der Waals surface area contributed by atoms with E-state index in [9.17, 15) is 33.9 Å². The minimum atomic E-state index is -0.792. The molecule has 740 valence electrons. The van der Waals surface area contributed by atoms with E-state index in [1.807, 2.05) is 126 Å². The van der Waals surface area contributed by atoms with Crippen LogP contribution in [0, 0.1) is 0 Å². The summed E-state index contributed by atoms with van der Waals surface area (Å²) in [6, 6.07) is 81.5. The first kappa shape index (κ1) is 99.7. The number of nitrogens with one attached hydrogen (secondary N) is 10. The number of benzene rings is 11. The molecule has 2 atom stereocenters. The Hall–Kier alpha value is -16.0. The fourth-order valence-corrected chi connectivity index (χ4v) is 24.1. The van der Waals surface area contributed by atoms with Crippen LogP contribution in [0.3, 0.4) is 0 Å². The van der Waals surface area contributed by atoms with Crippen molar-refractivity contribution < 1.29 is 57.6 Å². The van der Waals surface area contributed by atoms with Crippen LogP contribution in [-0.4, -0.2) is 170 Å². The van der Waals surface area contributed by atoms with Gasteiger partial charge in [-0.3, -0.25) is 54.3 Å². The van der Waals surface area contributed by atoms with Crippen molar-refractivity contribution in [3.8, 4) is 81.6 Å². The zero-order chi connectivity index (χ0) is 102. The summed E-state index contributed by atoms with van der Waals surface area (Å²) in [6.07, 6.45) is 4.10. The third kappa shape index (κ3) is 21.3. The fraction of sp³-hybridized carbons (Fsp3) is 0.145. The van der Waals surface area contributed by atoms with Gasteiger partial charge >= 0.3 is 0 Å². The number of fused-ring (bicyclic) bond motifs is 10. The Morgan fingerprint density at radius 3 is 0.973 bits per heavy atom. The number of thiazole rings is 1. The lowest BCUT2D eigenvalue weighted by Gasteiger charge is -2.18. The van der Waals surface area contributed by atoms with E-state index in [0.29, 0.717) is 99.0 Å². The lowest BCUT2D eigenvalue weighted by molar-refractivity contribution is -0.119. The highest BCUT2D eigenvalue weighted by Gasteiger charge is 2.30. The van der Waals surface area contributed by atoms with E-state index in [0.717, 1.165) is 136 Å². The lowest BCUT2D eigenvalue weighted by atomic mass is 10.0. The molecule has 12 aromatic heterocycles. The number of hydrogen-bond donors (Lipinski definition) is 13. The topological polar surface area (TPSA) is 411 Å². The van der Waals surface area contributed by atoms with Gasteiger partial charge in [0.2, 0.25) is 5.91 Å². The summed E-state index contributed by atoms with van der Waals surface area (Å²) < 4.78 is 34.3. The number of nitrogens with zero attached hydrogens (tertiary/aromatic N) is 6. The Morgan fingerprint density at radius 1 is 0.367 bits per heavy atom. The van der Waals surface area contributed by atoms with E-state index in [2.05, 4.69) is 192 Å². The van der Waals surface area contributed by atoms with E-state index >= 15 is 0 Å². The van der Waals surface area contributed by atoms with Gasteiger partial charge in [-0.05, 0) is 191 Å². The number of aromatic amines is 5. The smallest absolute Gasteiger partial charge is 0.255 e. The van der Waals surface area contributed by atoms with Crippen LogP contribution in [0.4, 0.5) is 0 Å². The van der Waals surface area contributed by atoms with E-state index in [1.54, 1.807) is 156 Å². The first-order valence-electron chi connectivity index (χ1n) is 46.5. The van der Waals surface area contributed by atoms with Gasteiger partial charge in [-0.2, -0.15) is 38.1 Å². The number of hydrogen-bond acceptors (Lipinski definition) is 26. The Labute approximate surface area is 873 Å². The maximum atomic E-state index is 13.2. The highest BCUT2D eigenvalue weighted by Crippen LogP contribution is 2.48. The Morgan fingerprint density at radius 2 is 0.680 bits per heavy atom. The molecule has 147 heavy (non-hydrogen) atoms. The van der Waals surface area contributed by atoms with Gasteiger partial charge in [0.25, 0.3) is 29.5 Å². The van der Waals surface area contributed by atoms with Crippen molar-refractivity contribution in [2.24, 2.45) is 5.73 Å². The van der Waals surface area contributed by atoms with Gasteiger partial charge in [0.05, 0.1) is 188 Å². The molecular weight excluding hydrogens is 2010 g/mol. The molecule has 0 aliphatic carbocycles. The second-order valence-corrected chi connectivity index (χ2v) is 41.4. The second-order valence-electron chi connectivity index (χ2n) is 33.5. The van der Waals surface area contributed by atoms with Gasteiger partial charge in [-0.25, -0.2) is 4.98 Å². The average molecular weight is 2100 g/mol. The van der Waals surface area contributed by atoms with Crippen LogP contribution in [0.25, 0.3) is 158 Å². The van der Waals surface area contributed by atoms with Crippen molar-refractivity contribution >= 4 is 232 Å². The van der Waals surface area contributed by atoms with Crippen molar-refractivity contribution in [2.45, 2.75) is 38.3 Å². The minimum Gasteiger partial charge on any atom is -0.495 e. The molecule has 0 saturated heterocycles. The molecule has 0 saturated carbocycles. The molecule has 12 heterocycles. The summed E-state index contributed by atoms with van der Waals surface area (Å²) in [4.78, 5) is 86.2. The average Bonchev–Trinajstić information content (AvgIpc) is 1.63. The van der Waals surface area contributed by atoms with Crippen molar-refractivity contribution in [2.75, 3.05) is 67.5 Å². The predicted octanol–water partition coefficient (Wildman–Crippen LogP) is 22.8. The summed E-state index contributed by atoms with van der Waals surface area (Å²) >= 11 is 15.8. The number of rotatable bonds is 29. The predicted molar refractivity (Wildman–Crippen MR) is 596 cm³/mol. The van der Waals surface area contributed by atoms with Crippen molar-refractivity contribution in [1.82, 2.24) is 82.6 Å². The summed E-state index contributed by atoms with van der Waals surface area (Å²) in [7, 11) is 7.82. The Kier molecular flexibility index (Phi) is 30.9. The molecule has 0 bridgehead atoms. The number of ether oxygens (including phenoxy) is 5. The zero-order valence-corrected chi connectivity index (χ0v) is 86.4. The number of aliphatic hydroxyl groups excluding tert-OH is 1. The Balaban J connectivity index is 0.000000116. The lowest BCUT2D eigenvalue weighted by Crippen LogP contribution is -2.42. The number of carbonyl (C=O) groups is 6. The molecular formula is C110H95N17O12S8. The van der Waals surface area contributed by atoms with Gasteiger partial charge in [0, 0.05) is 66.0 Å². The molecule has 6 amide bonds. The molecule has 29 nitrogen and oxygen atoms in total. The third-order valence-electron chi connectivity index (χ3n) is 24.4. The molecule has 23 aromatic rings. The first-order chi connectivity index (χ1) is 71.9. The van der Waals surface area contributed by atoms with Gasteiger partial charge in [-0.1, -0.05) is 127 Å². The van der Waals surface area contributed by atoms with Crippen LogP contribution in [0.5, 0.6) is 28.7 Å². The van der Waals surface area contributed by atoms with Crippen LogP contribution in [-0.2, 0) is 17.6 Å². The summed E-state index contributed by atoms with van der Waals surface area (Å²) in [5.74, 6) is 1.35. The second kappa shape index (κ2) is 45.5. The standard InChI is InChI=1S/C25H21N3O3S.C23H19N3O2S2.C22H18N4O2S2.C20H18N4O3S.C20H19N3O2S2/c1-31-24-17(25(30)26-19(14-29)15-7-3-2-4-8-15)11-12-18-22(24)23(28-27-18)21-13-16-9-5-6-10-20(16)32-21;1-28-22-16(23(27)24-11-10-15-6-4-12-29-15)8-9-17-20(22)21(26-25-17)19-13-14-5-2-3-7-18(14)30-19;1-28-21-14(22(27)24-9-8-18-23-10-11-29-18)6-7-15-19(21)20(26-25-15)17-12-13-4-2-3-5-16(13)30-17;1-10(19(21)25)22-20(26)12-7-8-13-16(18(12)27-2)17(24-23-13)15-9-11-5-3-4-6-14(11)28-15;1-25-19-13(20(24)21-9-4-10-26)7-8-14-17(19)18(23-22-14)16-11-12-5-2-3-6-15(12)27-16/h2-13,19,29H,14H2,1H3,(H,26,30)(H,27,28);2-9,12-13H,10-11H2,1H3,(H,24,27)(H,25,26);2-7,10-12H,8-9H2,1H3,(H,24,27)(H,25,26);3-10H,1-2H3,(H2,21,25)(H,22,26)(H,23,24);2-3,5-8,11,26H,4,9-10H2,1H3,(H,21,24)(H,22,23)/t19-;;;10-;/m1..0./s1. The highest BCUT2D eigenvalue weighted by atomic mass is 32.1. The monoisotopic (exact) mass is 2100 g/mol. The van der Waals surface area contributed by atoms with Crippen molar-refractivity contribution in [3.05, 3.63) is 315 Å². The number of carbonyl (C=O) groups excluding carboxylic acids is 6. The number of primary amides is 1. The normalized spacial score (nSPS) is 11.6. The molecule has 11 aromatic carbocycles. The van der Waals surface area contributed by atoms with Gasteiger partial charge < -0.3 is 61.1 Å². The molecule has 13 N–H and O–H groups in total. The Bertz CT molecular complexity index is 8360. The first-order valence-corrected chi connectivity index (χ1v) is 53.0. The molecule has 37 heteroatoms. The number of aromatic nitrogens is 11. The molecule has 0 fully saturated rings. The number of H-pyrrole nitrogens is 5. The molecule has 0 radical (unpaired) electrons. The molecule has 0 aliphatic rings. The number of thiol groups is 1. The fourth-order valence-electron chi connectivity index (χ4n) is 17.2. The number of amides is 6. The van der Waals surface area contributed by atoms with E-state index in [4.69, 9.17) is 29.4 Å². The largest absolute Gasteiger partial charge is 0.495 e. The summed E-state index contributed by atoms with van der Waals surface area (Å²) in [5.41, 5.74) is 16.2. The maximum Gasteiger partial charge on any atom is 0.255 e. The number of thiophene rings is 6. The highest BCUT2D eigenvalue weighted by molar-refractivity contribution is 7.80. The van der Waals surface area contributed by atoms with Crippen molar-refractivity contribution in [1.29, 1.82) is 0 Å². The van der Waals surface area contributed by atoms with Gasteiger partial charge in [0.1, 0.15) is 34.8 Å². The van der Waals surface area contributed by atoms with E-state index < -0.39 is 23.9 Å². The van der Waals surface area contributed by atoms with E-state index in [-0.39, 0.29) is 30.2 Å². The van der Waals surface area contributed by atoms with Crippen LogP contribution in [0.15, 0.2) is 272 Å². The minimum absolute atomic E-state index is 0.145. The van der Waals surface area contributed by atoms with Crippen LogP contribution < -0.4 is 56.0 Å². The zero-order valence-electron chi connectivity index (χ0n) is 79.8. The summed E-state index contributed by atoms with van der Waals surface area (Å²) in [5, 5.41) is 76.6. The van der Waals surface area contributed by atoms with Crippen LogP contribution in [0.2, 0.25) is 0 Å². The van der Waals surface area contributed by atoms with Gasteiger partial charge in [0.15, 0.2) is 0 Å². The molecule has 23 rings (SSSR count). The molecule has 0 aliphatic heterocycles. The molecule has 0 spiro atoms. The number of methoxy groups -OCH3 is 5. The number of nitrogens with two attached hydrogens (primary N) is 1. The quantitative estimate of drug-likeness (QED) is 0.0153. The van der Waals surface area contributed by atoms with Crippen molar-refractivity contribution in [3.63, 3.8) is 0 Å². The van der Waals surface area contributed by atoms with Crippen LogP contribution >= 0.6 is 92.0 Å².